The topological polar surface area (TPSA) is 41.1 Å². The number of amides is 1. The zero-order valence-electron chi connectivity index (χ0n) is 11.6. The highest BCUT2D eigenvalue weighted by Crippen LogP contribution is 2.28. The Morgan fingerprint density at radius 3 is 2.33 bits per heavy atom. The average molecular weight is 275 g/mol. The molecule has 2 rings (SSSR count). The van der Waals surface area contributed by atoms with Gasteiger partial charge in [-0.3, -0.25) is 4.79 Å². The van der Waals surface area contributed by atoms with Gasteiger partial charge in [0, 0.05) is 6.04 Å². The Hall–Kier alpha value is -0.280. The van der Waals surface area contributed by atoms with Gasteiger partial charge in [-0.25, -0.2) is 0 Å². The number of hydrogen-bond acceptors (Lipinski definition) is 2. The first-order chi connectivity index (χ1) is 8.15. The highest BCUT2D eigenvalue weighted by Gasteiger charge is 2.27. The second-order valence-corrected chi connectivity index (χ2v) is 6.13. The van der Waals surface area contributed by atoms with Crippen LogP contribution in [0.15, 0.2) is 0 Å². The molecule has 2 aliphatic rings. The minimum atomic E-state index is 0. The first-order valence-corrected chi connectivity index (χ1v) is 7.19. The van der Waals surface area contributed by atoms with E-state index in [-0.39, 0.29) is 24.4 Å². The third kappa shape index (κ3) is 4.43. The fraction of sp³-hybridized carbons (Fsp3) is 0.929. The number of nitrogens with one attached hydrogen (secondary N) is 2. The maximum atomic E-state index is 12.1. The van der Waals surface area contributed by atoms with Crippen LogP contribution in [0.3, 0.4) is 0 Å². The molecule has 3 atom stereocenters. The van der Waals surface area contributed by atoms with Crippen molar-refractivity contribution in [3.63, 3.8) is 0 Å². The van der Waals surface area contributed by atoms with Crippen molar-refractivity contribution >= 4 is 18.3 Å². The predicted molar refractivity (Wildman–Crippen MR) is 77.0 cm³/mol. The third-order valence-electron chi connectivity index (χ3n) is 4.15. The van der Waals surface area contributed by atoms with Gasteiger partial charge in [-0.2, -0.15) is 0 Å². The van der Waals surface area contributed by atoms with Gasteiger partial charge < -0.3 is 10.6 Å². The minimum Gasteiger partial charge on any atom is -0.352 e. The Morgan fingerprint density at radius 1 is 1.11 bits per heavy atom. The van der Waals surface area contributed by atoms with Crippen LogP contribution in [0.4, 0.5) is 0 Å². The molecule has 2 N–H and O–H groups in total. The highest BCUT2D eigenvalue weighted by atomic mass is 35.5. The quantitative estimate of drug-likeness (QED) is 0.812. The van der Waals surface area contributed by atoms with Gasteiger partial charge in [0.25, 0.3) is 0 Å². The van der Waals surface area contributed by atoms with Crippen LogP contribution in [-0.4, -0.2) is 24.5 Å². The molecule has 4 heteroatoms. The van der Waals surface area contributed by atoms with Crippen molar-refractivity contribution in [1.29, 1.82) is 0 Å². The Balaban J connectivity index is 0.00000162. The van der Waals surface area contributed by atoms with Gasteiger partial charge in [-0.1, -0.05) is 20.3 Å². The maximum Gasteiger partial charge on any atom is 0.237 e. The minimum absolute atomic E-state index is 0. The van der Waals surface area contributed by atoms with E-state index < -0.39 is 0 Å². The molecule has 106 valence electrons. The van der Waals surface area contributed by atoms with Gasteiger partial charge in [-0.05, 0) is 50.5 Å². The Labute approximate surface area is 117 Å². The molecule has 1 amide bonds. The first-order valence-electron chi connectivity index (χ1n) is 7.19. The lowest BCUT2D eigenvalue weighted by molar-refractivity contribution is -0.124. The second-order valence-electron chi connectivity index (χ2n) is 6.13. The molecule has 0 spiro atoms. The molecule has 1 aliphatic carbocycles. The van der Waals surface area contributed by atoms with Gasteiger partial charge in [0.05, 0.1) is 6.04 Å². The predicted octanol–water partition coefficient (Wildman–Crippen LogP) is 2.49. The molecule has 2 unspecified atom stereocenters. The Bertz CT molecular complexity index is 257. The van der Waals surface area contributed by atoms with E-state index in [0.717, 1.165) is 37.6 Å². The maximum absolute atomic E-state index is 12.1. The summed E-state index contributed by atoms with van der Waals surface area (Å²) in [5, 5.41) is 6.57. The second kappa shape index (κ2) is 7.34. The molecule has 0 aromatic heterocycles. The van der Waals surface area contributed by atoms with Crippen molar-refractivity contribution in [2.45, 2.75) is 64.5 Å². The summed E-state index contributed by atoms with van der Waals surface area (Å²) in [6.07, 6.45) is 7.02. The first kappa shape index (κ1) is 15.8. The lowest BCUT2D eigenvalue weighted by Crippen LogP contribution is -2.50. The molecule has 0 radical (unpaired) electrons. The SMILES string of the molecule is CC1CC(C)CC(NC(=O)[C@H]2CCCCN2)C1.Cl. The summed E-state index contributed by atoms with van der Waals surface area (Å²) in [6, 6.07) is 0.473. The summed E-state index contributed by atoms with van der Waals surface area (Å²) in [6.45, 7) is 5.59. The fourth-order valence-electron chi connectivity index (χ4n) is 3.44. The van der Waals surface area contributed by atoms with Crippen LogP contribution in [0.5, 0.6) is 0 Å². The molecular weight excluding hydrogens is 248 g/mol. The van der Waals surface area contributed by atoms with Crippen molar-refractivity contribution in [1.82, 2.24) is 10.6 Å². The Morgan fingerprint density at radius 2 is 1.78 bits per heavy atom. The molecule has 0 aromatic rings. The van der Waals surface area contributed by atoms with Crippen molar-refractivity contribution in [2.75, 3.05) is 6.54 Å². The van der Waals surface area contributed by atoms with Crippen molar-refractivity contribution < 1.29 is 4.79 Å². The number of rotatable bonds is 2. The summed E-state index contributed by atoms with van der Waals surface area (Å²) in [5.74, 6) is 1.74. The van der Waals surface area contributed by atoms with Crippen LogP contribution in [0.2, 0.25) is 0 Å². The number of hydrogen-bond donors (Lipinski definition) is 2. The summed E-state index contributed by atoms with van der Waals surface area (Å²) < 4.78 is 0. The highest BCUT2D eigenvalue weighted by molar-refractivity contribution is 5.85. The molecule has 0 aromatic carbocycles. The number of halogens is 1. The summed E-state index contributed by atoms with van der Waals surface area (Å²) in [7, 11) is 0. The lowest BCUT2D eigenvalue weighted by atomic mass is 9.80. The molecule has 3 nitrogen and oxygen atoms in total. The van der Waals surface area contributed by atoms with E-state index in [1.165, 1.54) is 19.3 Å². The van der Waals surface area contributed by atoms with E-state index >= 15 is 0 Å². The molecule has 2 fully saturated rings. The van der Waals surface area contributed by atoms with Crippen LogP contribution < -0.4 is 10.6 Å². The van der Waals surface area contributed by atoms with E-state index in [2.05, 4.69) is 24.5 Å². The van der Waals surface area contributed by atoms with Crippen LogP contribution >= 0.6 is 12.4 Å². The number of carbonyl (C=O) groups is 1. The largest absolute Gasteiger partial charge is 0.352 e. The van der Waals surface area contributed by atoms with Crippen molar-refractivity contribution in [3.8, 4) is 0 Å². The van der Waals surface area contributed by atoms with E-state index in [4.69, 9.17) is 0 Å². The summed E-state index contributed by atoms with van der Waals surface area (Å²) in [5.41, 5.74) is 0. The third-order valence-corrected chi connectivity index (χ3v) is 4.15. The van der Waals surface area contributed by atoms with E-state index in [1.807, 2.05) is 0 Å². The molecule has 18 heavy (non-hydrogen) atoms. The van der Waals surface area contributed by atoms with Crippen LogP contribution in [0.1, 0.15) is 52.4 Å². The monoisotopic (exact) mass is 274 g/mol. The molecule has 1 saturated heterocycles. The smallest absolute Gasteiger partial charge is 0.237 e. The number of piperidine rings is 1. The fourth-order valence-corrected chi connectivity index (χ4v) is 3.44. The van der Waals surface area contributed by atoms with E-state index in [0.29, 0.717) is 6.04 Å². The zero-order valence-corrected chi connectivity index (χ0v) is 12.4. The van der Waals surface area contributed by atoms with Gasteiger partial charge in [-0.15, -0.1) is 12.4 Å². The number of carbonyl (C=O) groups excluding carboxylic acids is 1. The normalized spacial score (nSPS) is 36.6. The molecule has 1 aliphatic heterocycles. The van der Waals surface area contributed by atoms with Gasteiger partial charge >= 0.3 is 0 Å². The molecule has 1 heterocycles. The molecule has 0 bridgehead atoms. The van der Waals surface area contributed by atoms with Crippen LogP contribution in [-0.2, 0) is 4.79 Å². The summed E-state index contributed by atoms with van der Waals surface area (Å²) in [4.78, 5) is 12.1. The van der Waals surface area contributed by atoms with E-state index in [9.17, 15) is 4.79 Å². The van der Waals surface area contributed by atoms with Crippen molar-refractivity contribution in [3.05, 3.63) is 0 Å². The van der Waals surface area contributed by atoms with Crippen molar-refractivity contribution in [2.24, 2.45) is 11.8 Å². The molecule has 1 saturated carbocycles. The van der Waals surface area contributed by atoms with Crippen LogP contribution in [0.25, 0.3) is 0 Å². The van der Waals surface area contributed by atoms with Gasteiger partial charge in [0.2, 0.25) is 5.91 Å². The van der Waals surface area contributed by atoms with E-state index in [1.54, 1.807) is 0 Å². The zero-order chi connectivity index (χ0) is 12.3. The molecular formula is C14H27ClN2O. The Kier molecular flexibility index (Phi) is 6.44. The van der Waals surface area contributed by atoms with Gasteiger partial charge in [0.15, 0.2) is 0 Å². The van der Waals surface area contributed by atoms with Gasteiger partial charge in [0.1, 0.15) is 0 Å². The summed E-state index contributed by atoms with van der Waals surface area (Å²) >= 11 is 0. The lowest BCUT2D eigenvalue weighted by Gasteiger charge is -2.33. The van der Waals surface area contributed by atoms with Crippen LogP contribution in [0, 0.1) is 11.8 Å². The average Bonchev–Trinajstić information content (AvgIpc) is 2.28. The standard InChI is InChI=1S/C14H26N2O.ClH/c1-10-7-11(2)9-12(8-10)16-14(17)13-5-3-4-6-15-13;/h10-13,15H,3-9H2,1-2H3,(H,16,17);1H/t10?,11?,12?,13-;/m1./s1.